The number of aromatic nitrogens is 1. The normalized spacial score (nSPS) is 19.5. The number of nitrogens with zero attached hydrogens (tertiary/aromatic N) is 4. The van der Waals surface area contributed by atoms with Crippen molar-refractivity contribution < 1.29 is 4.79 Å². The number of anilines is 2. The summed E-state index contributed by atoms with van der Waals surface area (Å²) in [6, 6.07) is 12.6. The van der Waals surface area contributed by atoms with Crippen molar-refractivity contribution in [3.8, 4) is 0 Å². The van der Waals surface area contributed by atoms with Gasteiger partial charge in [0, 0.05) is 62.7 Å². The number of amides is 1. The SMILES string of the molecule is CN1CCN(c2ccc(N3C=CC=C(NC=O)C3NCc3ccncc3)cc2)CC1. The summed E-state index contributed by atoms with van der Waals surface area (Å²) in [5, 5.41) is 6.38. The molecular formula is C23H28N6O. The van der Waals surface area contributed by atoms with Crippen molar-refractivity contribution in [1.82, 2.24) is 20.5 Å². The molecule has 1 fully saturated rings. The summed E-state index contributed by atoms with van der Waals surface area (Å²) in [5.41, 5.74) is 4.26. The van der Waals surface area contributed by atoms with E-state index in [1.807, 2.05) is 30.5 Å². The molecule has 2 N–H and O–H groups in total. The van der Waals surface area contributed by atoms with E-state index in [1.165, 1.54) is 5.69 Å². The summed E-state index contributed by atoms with van der Waals surface area (Å²) in [7, 11) is 2.17. The van der Waals surface area contributed by atoms with Crippen LogP contribution in [0.3, 0.4) is 0 Å². The van der Waals surface area contributed by atoms with Gasteiger partial charge in [0.25, 0.3) is 0 Å². The van der Waals surface area contributed by atoms with E-state index >= 15 is 0 Å². The minimum atomic E-state index is -0.178. The van der Waals surface area contributed by atoms with Gasteiger partial charge in [-0.1, -0.05) is 0 Å². The van der Waals surface area contributed by atoms with E-state index in [4.69, 9.17) is 0 Å². The average molecular weight is 405 g/mol. The highest BCUT2D eigenvalue weighted by atomic mass is 16.1. The maximum atomic E-state index is 11.1. The summed E-state index contributed by atoms with van der Waals surface area (Å²) in [6.45, 7) is 4.93. The fourth-order valence-electron chi connectivity index (χ4n) is 3.82. The zero-order valence-electron chi connectivity index (χ0n) is 17.2. The lowest BCUT2D eigenvalue weighted by molar-refractivity contribution is -0.109. The Labute approximate surface area is 177 Å². The Bertz CT molecular complexity index is 888. The molecule has 30 heavy (non-hydrogen) atoms. The Morgan fingerprint density at radius 3 is 2.43 bits per heavy atom. The summed E-state index contributed by atoms with van der Waals surface area (Å²) >= 11 is 0. The number of rotatable bonds is 7. The zero-order chi connectivity index (χ0) is 20.8. The van der Waals surface area contributed by atoms with Gasteiger partial charge in [0.2, 0.25) is 6.41 Å². The Morgan fingerprint density at radius 2 is 1.73 bits per heavy atom. The molecule has 7 heteroatoms. The lowest BCUT2D eigenvalue weighted by Gasteiger charge is -2.36. The maximum absolute atomic E-state index is 11.1. The van der Waals surface area contributed by atoms with Gasteiger partial charge in [-0.3, -0.25) is 15.1 Å². The van der Waals surface area contributed by atoms with Crippen molar-refractivity contribution in [1.29, 1.82) is 0 Å². The Hall–Kier alpha value is -3.16. The molecule has 0 bridgehead atoms. The molecule has 1 atom stereocenters. The molecule has 7 nitrogen and oxygen atoms in total. The highest BCUT2D eigenvalue weighted by Crippen LogP contribution is 2.26. The summed E-state index contributed by atoms with van der Waals surface area (Å²) in [4.78, 5) is 22.1. The van der Waals surface area contributed by atoms with E-state index in [0.29, 0.717) is 6.54 Å². The molecule has 1 aromatic heterocycles. The number of pyridine rings is 1. The fourth-order valence-corrected chi connectivity index (χ4v) is 3.82. The van der Waals surface area contributed by atoms with Crippen LogP contribution in [0.4, 0.5) is 11.4 Å². The number of carbonyl (C=O) groups excluding carboxylic acids is 1. The molecule has 2 aliphatic rings. The van der Waals surface area contributed by atoms with Crippen LogP contribution in [0.25, 0.3) is 0 Å². The topological polar surface area (TPSA) is 63.7 Å². The molecule has 2 aromatic rings. The average Bonchev–Trinajstić information content (AvgIpc) is 2.80. The third kappa shape index (κ3) is 4.69. The van der Waals surface area contributed by atoms with Crippen molar-refractivity contribution in [3.63, 3.8) is 0 Å². The molecule has 1 saturated heterocycles. The Balaban J connectivity index is 1.50. The summed E-state index contributed by atoms with van der Waals surface area (Å²) in [5.74, 6) is 0. The van der Waals surface area contributed by atoms with Crippen LogP contribution in [0, 0.1) is 0 Å². The number of likely N-dealkylation sites (N-methyl/N-ethyl adjacent to an activating group) is 1. The molecule has 2 aliphatic heterocycles. The van der Waals surface area contributed by atoms with Crippen LogP contribution in [0.5, 0.6) is 0 Å². The molecule has 0 radical (unpaired) electrons. The van der Waals surface area contributed by atoms with Crippen molar-refractivity contribution in [2.45, 2.75) is 12.7 Å². The van der Waals surface area contributed by atoms with E-state index in [0.717, 1.165) is 49.5 Å². The van der Waals surface area contributed by atoms with Crippen LogP contribution < -0.4 is 20.4 Å². The van der Waals surface area contributed by atoms with E-state index in [9.17, 15) is 4.79 Å². The largest absolute Gasteiger partial charge is 0.369 e. The first kappa shape index (κ1) is 20.1. The van der Waals surface area contributed by atoms with Crippen LogP contribution in [-0.2, 0) is 11.3 Å². The predicted molar refractivity (Wildman–Crippen MR) is 120 cm³/mol. The number of hydrogen-bond acceptors (Lipinski definition) is 6. The molecule has 1 amide bonds. The van der Waals surface area contributed by atoms with Crippen LogP contribution in [0.1, 0.15) is 5.56 Å². The minimum absolute atomic E-state index is 0.178. The minimum Gasteiger partial charge on any atom is -0.369 e. The second-order valence-corrected chi connectivity index (χ2v) is 7.58. The number of hydrogen-bond donors (Lipinski definition) is 2. The van der Waals surface area contributed by atoms with E-state index < -0.39 is 0 Å². The molecule has 1 unspecified atom stereocenters. The van der Waals surface area contributed by atoms with Crippen LogP contribution in [-0.4, -0.2) is 55.7 Å². The lowest BCUT2D eigenvalue weighted by atomic mass is 10.1. The zero-order valence-corrected chi connectivity index (χ0v) is 17.2. The van der Waals surface area contributed by atoms with Crippen molar-refractivity contribution in [3.05, 3.63) is 78.4 Å². The predicted octanol–water partition coefficient (Wildman–Crippen LogP) is 1.91. The standard InChI is InChI=1S/C23H28N6O/c1-27-13-15-28(16-14-27)20-4-6-21(7-5-20)29-12-2-3-22(26-18-30)23(29)25-17-19-8-10-24-11-9-19/h2-12,18,23,25H,13-17H2,1H3,(H,26,30). The van der Waals surface area contributed by atoms with E-state index in [2.05, 4.69) is 61.6 Å². The van der Waals surface area contributed by atoms with E-state index in [-0.39, 0.29) is 6.17 Å². The monoisotopic (exact) mass is 404 g/mol. The van der Waals surface area contributed by atoms with Crippen molar-refractivity contribution in [2.24, 2.45) is 0 Å². The van der Waals surface area contributed by atoms with Gasteiger partial charge in [0.15, 0.2) is 0 Å². The van der Waals surface area contributed by atoms with Gasteiger partial charge < -0.3 is 20.0 Å². The first-order valence-corrected chi connectivity index (χ1v) is 10.3. The van der Waals surface area contributed by atoms with Gasteiger partial charge in [0.05, 0.1) is 5.70 Å². The van der Waals surface area contributed by atoms with Gasteiger partial charge in [-0.05, 0) is 61.2 Å². The highest BCUT2D eigenvalue weighted by Gasteiger charge is 2.23. The van der Waals surface area contributed by atoms with Gasteiger partial charge in [-0.15, -0.1) is 0 Å². The van der Waals surface area contributed by atoms with Gasteiger partial charge in [-0.25, -0.2) is 0 Å². The second-order valence-electron chi connectivity index (χ2n) is 7.58. The molecule has 0 aliphatic carbocycles. The van der Waals surface area contributed by atoms with Crippen LogP contribution in [0.2, 0.25) is 0 Å². The fraction of sp³-hybridized carbons (Fsp3) is 0.304. The lowest BCUT2D eigenvalue weighted by Crippen LogP contribution is -2.48. The molecule has 0 saturated carbocycles. The third-order valence-electron chi connectivity index (χ3n) is 5.59. The molecule has 3 heterocycles. The van der Waals surface area contributed by atoms with Crippen molar-refractivity contribution >= 4 is 17.8 Å². The third-order valence-corrected chi connectivity index (χ3v) is 5.59. The number of benzene rings is 1. The van der Waals surface area contributed by atoms with E-state index in [1.54, 1.807) is 12.4 Å². The molecule has 1 aromatic carbocycles. The highest BCUT2D eigenvalue weighted by molar-refractivity contribution is 5.61. The van der Waals surface area contributed by atoms with Crippen LogP contribution in [0.15, 0.2) is 72.8 Å². The molecule has 156 valence electrons. The number of carbonyl (C=O) groups is 1. The smallest absolute Gasteiger partial charge is 0.211 e. The first-order valence-electron chi connectivity index (χ1n) is 10.3. The summed E-state index contributed by atoms with van der Waals surface area (Å²) < 4.78 is 0. The molecular weight excluding hydrogens is 376 g/mol. The Kier molecular flexibility index (Phi) is 6.41. The van der Waals surface area contributed by atoms with Crippen LogP contribution >= 0.6 is 0 Å². The van der Waals surface area contributed by atoms with Gasteiger partial charge >= 0.3 is 0 Å². The van der Waals surface area contributed by atoms with Gasteiger partial charge in [0.1, 0.15) is 6.17 Å². The molecule has 0 spiro atoms. The number of allylic oxidation sites excluding steroid dienone is 2. The maximum Gasteiger partial charge on any atom is 0.211 e. The second kappa shape index (κ2) is 9.56. The van der Waals surface area contributed by atoms with Gasteiger partial charge in [-0.2, -0.15) is 0 Å². The number of piperazine rings is 1. The summed E-state index contributed by atoms with van der Waals surface area (Å²) in [6.07, 6.45) is 10.0. The first-order chi connectivity index (χ1) is 14.7. The number of nitrogens with one attached hydrogen (secondary N) is 2. The Morgan fingerprint density at radius 1 is 1.03 bits per heavy atom. The molecule has 4 rings (SSSR count). The quantitative estimate of drug-likeness (QED) is 0.688. The van der Waals surface area contributed by atoms with Crippen molar-refractivity contribution in [2.75, 3.05) is 43.0 Å².